The van der Waals surface area contributed by atoms with Gasteiger partial charge in [-0.3, -0.25) is 14.4 Å². The van der Waals surface area contributed by atoms with E-state index in [0.29, 0.717) is 25.1 Å². The predicted molar refractivity (Wildman–Crippen MR) is 119 cm³/mol. The van der Waals surface area contributed by atoms with E-state index in [9.17, 15) is 19.5 Å². The fourth-order valence-electron chi connectivity index (χ4n) is 5.69. The lowest BCUT2D eigenvalue weighted by Crippen LogP contribution is -2.55. The Hall–Kier alpha value is -2.45. The third-order valence-electron chi connectivity index (χ3n) is 7.23. The van der Waals surface area contributed by atoms with E-state index in [2.05, 4.69) is 10.6 Å². The van der Waals surface area contributed by atoms with E-state index in [1.165, 1.54) is 4.90 Å². The van der Waals surface area contributed by atoms with Gasteiger partial charge in [0.15, 0.2) is 0 Å². The number of amides is 3. The summed E-state index contributed by atoms with van der Waals surface area (Å²) in [5.74, 6) is -2.16. The van der Waals surface area contributed by atoms with Gasteiger partial charge in [0.25, 0.3) is 0 Å². The number of hydrogen-bond donors (Lipinski definition) is 3. The lowest BCUT2D eigenvalue weighted by atomic mass is 9.70. The fraction of sp³-hybridized carbons (Fsp3) is 0.625. The molecule has 2 bridgehead atoms. The molecule has 6 atom stereocenters. The van der Waals surface area contributed by atoms with Crippen molar-refractivity contribution in [2.24, 2.45) is 11.8 Å². The second kappa shape index (κ2) is 8.48. The number of anilines is 1. The van der Waals surface area contributed by atoms with Gasteiger partial charge in [0, 0.05) is 12.2 Å². The highest BCUT2D eigenvalue weighted by Gasteiger charge is 2.74. The van der Waals surface area contributed by atoms with Crippen LogP contribution in [0.3, 0.4) is 0 Å². The molecular weight excluding hydrogens is 410 g/mol. The summed E-state index contributed by atoms with van der Waals surface area (Å²) in [7, 11) is 0. The Morgan fingerprint density at radius 3 is 2.75 bits per heavy atom. The minimum Gasteiger partial charge on any atom is -0.394 e. The normalized spacial score (nSPS) is 31.5. The van der Waals surface area contributed by atoms with Gasteiger partial charge >= 0.3 is 0 Å². The van der Waals surface area contributed by atoms with Gasteiger partial charge in [-0.15, -0.1) is 0 Å². The largest absolute Gasteiger partial charge is 0.394 e. The van der Waals surface area contributed by atoms with E-state index in [1.54, 1.807) is 6.92 Å². The zero-order valence-corrected chi connectivity index (χ0v) is 19.2. The summed E-state index contributed by atoms with van der Waals surface area (Å²) in [5, 5.41) is 15.8. The molecule has 3 saturated heterocycles. The van der Waals surface area contributed by atoms with Crippen molar-refractivity contribution in [3.8, 4) is 0 Å². The molecule has 3 heterocycles. The summed E-state index contributed by atoms with van der Waals surface area (Å²) < 4.78 is 6.35. The Kier molecular flexibility index (Phi) is 6.02. The molecule has 3 amide bonds. The van der Waals surface area contributed by atoms with Crippen molar-refractivity contribution in [1.29, 1.82) is 0 Å². The Balaban J connectivity index is 1.70. The number of rotatable bonds is 7. The smallest absolute Gasteiger partial charge is 0.250 e. The molecule has 0 radical (unpaired) electrons. The first kappa shape index (κ1) is 22.7. The number of carbonyl (C=O) groups is 3. The number of nitrogens with one attached hydrogen (secondary N) is 2. The van der Waals surface area contributed by atoms with Crippen LogP contribution in [0.4, 0.5) is 5.69 Å². The third kappa shape index (κ3) is 3.40. The highest BCUT2D eigenvalue weighted by molar-refractivity contribution is 6.04. The van der Waals surface area contributed by atoms with Crippen LogP contribution in [0.2, 0.25) is 0 Å². The molecule has 174 valence electrons. The average Bonchev–Trinajstić information content (AvgIpc) is 3.41. The van der Waals surface area contributed by atoms with Crippen LogP contribution in [0, 0.1) is 25.7 Å². The lowest BCUT2D eigenvalue weighted by molar-refractivity contribution is -0.143. The number of nitrogens with zero attached hydrogens (tertiary/aromatic N) is 1. The van der Waals surface area contributed by atoms with Gasteiger partial charge in [0.2, 0.25) is 17.7 Å². The van der Waals surface area contributed by atoms with Crippen LogP contribution in [-0.2, 0) is 19.1 Å². The van der Waals surface area contributed by atoms with Crippen LogP contribution in [0.25, 0.3) is 0 Å². The lowest BCUT2D eigenvalue weighted by Gasteiger charge is -2.35. The van der Waals surface area contributed by atoms with Crippen LogP contribution in [0.5, 0.6) is 0 Å². The molecule has 3 aliphatic heterocycles. The summed E-state index contributed by atoms with van der Waals surface area (Å²) in [4.78, 5) is 41.7. The van der Waals surface area contributed by atoms with Gasteiger partial charge in [-0.2, -0.15) is 0 Å². The Morgan fingerprint density at radius 1 is 1.31 bits per heavy atom. The first-order valence-corrected chi connectivity index (χ1v) is 11.5. The van der Waals surface area contributed by atoms with Crippen molar-refractivity contribution in [3.05, 3.63) is 29.3 Å². The minimum atomic E-state index is -1.05. The van der Waals surface area contributed by atoms with Crippen molar-refractivity contribution in [3.63, 3.8) is 0 Å². The van der Waals surface area contributed by atoms with Crippen molar-refractivity contribution in [2.45, 2.75) is 70.7 Å². The first-order valence-electron chi connectivity index (χ1n) is 11.5. The molecule has 0 saturated carbocycles. The van der Waals surface area contributed by atoms with Crippen LogP contribution < -0.4 is 10.6 Å². The molecule has 2 unspecified atom stereocenters. The number of fused-ring (bicyclic) bond motifs is 1. The fourth-order valence-corrected chi connectivity index (χ4v) is 5.69. The van der Waals surface area contributed by atoms with Crippen molar-refractivity contribution >= 4 is 23.4 Å². The zero-order valence-electron chi connectivity index (χ0n) is 19.2. The molecule has 8 nitrogen and oxygen atoms in total. The highest BCUT2D eigenvalue weighted by atomic mass is 16.5. The van der Waals surface area contributed by atoms with E-state index in [0.717, 1.165) is 17.5 Å². The van der Waals surface area contributed by atoms with E-state index >= 15 is 0 Å². The van der Waals surface area contributed by atoms with E-state index in [-0.39, 0.29) is 30.4 Å². The quantitative estimate of drug-likeness (QED) is 0.592. The molecule has 0 aromatic heterocycles. The number of aryl methyl sites for hydroxylation is 2. The van der Waals surface area contributed by atoms with Crippen LogP contribution in [0.1, 0.15) is 44.2 Å². The summed E-state index contributed by atoms with van der Waals surface area (Å²) in [6.07, 6.45) is 1.58. The van der Waals surface area contributed by atoms with E-state index in [1.807, 2.05) is 39.0 Å². The van der Waals surface area contributed by atoms with Crippen LogP contribution in [-0.4, -0.2) is 64.7 Å². The van der Waals surface area contributed by atoms with Crippen molar-refractivity contribution in [2.75, 3.05) is 18.5 Å². The minimum absolute atomic E-state index is 0.191. The molecule has 1 aromatic carbocycles. The maximum Gasteiger partial charge on any atom is 0.250 e. The molecule has 0 aliphatic carbocycles. The Bertz CT molecular complexity index is 934. The second-order valence-electron chi connectivity index (χ2n) is 9.43. The zero-order chi connectivity index (χ0) is 23.2. The molecule has 1 aromatic rings. The maximum atomic E-state index is 13.7. The van der Waals surface area contributed by atoms with E-state index < -0.39 is 29.5 Å². The molecule has 4 rings (SSSR count). The SMILES string of the molecule is CCCNC(=O)[C@@H]1[C@H]2C(=O)N([C@H](C)CO)C(C(=O)Nc3cc(C)ccc3C)C23CC[C@H]1O3. The highest BCUT2D eigenvalue weighted by Crippen LogP contribution is 2.58. The van der Waals surface area contributed by atoms with Gasteiger partial charge in [-0.1, -0.05) is 19.1 Å². The topological polar surface area (TPSA) is 108 Å². The van der Waals surface area contributed by atoms with Gasteiger partial charge in [-0.25, -0.2) is 0 Å². The molecule has 3 N–H and O–H groups in total. The second-order valence-corrected chi connectivity index (χ2v) is 9.43. The summed E-state index contributed by atoms with van der Waals surface area (Å²) in [6, 6.07) is 4.33. The monoisotopic (exact) mass is 443 g/mol. The van der Waals surface area contributed by atoms with Gasteiger partial charge in [0.05, 0.1) is 30.6 Å². The average molecular weight is 444 g/mol. The van der Waals surface area contributed by atoms with Gasteiger partial charge < -0.3 is 25.4 Å². The molecule has 8 heteroatoms. The first-order chi connectivity index (χ1) is 15.2. The molecular formula is C24H33N3O5. The predicted octanol–water partition coefficient (Wildman–Crippen LogP) is 1.52. The van der Waals surface area contributed by atoms with Gasteiger partial charge in [-0.05, 0) is 57.2 Å². The molecule has 32 heavy (non-hydrogen) atoms. The molecule has 3 aliphatic rings. The summed E-state index contributed by atoms with van der Waals surface area (Å²) >= 11 is 0. The van der Waals surface area contributed by atoms with Crippen molar-refractivity contribution < 1.29 is 24.2 Å². The number of benzene rings is 1. The van der Waals surface area contributed by atoms with Crippen LogP contribution in [0.15, 0.2) is 18.2 Å². The Labute approximate surface area is 188 Å². The van der Waals surface area contributed by atoms with Crippen molar-refractivity contribution in [1.82, 2.24) is 10.2 Å². The number of likely N-dealkylation sites (tertiary alicyclic amines) is 1. The number of aliphatic hydroxyl groups is 1. The molecule has 1 spiro atoms. The van der Waals surface area contributed by atoms with Crippen LogP contribution >= 0.6 is 0 Å². The third-order valence-corrected chi connectivity index (χ3v) is 7.23. The van der Waals surface area contributed by atoms with E-state index in [4.69, 9.17) is 4.74 Å². The summed E-state index contributed by atoms with van der Waals surface area (Å²) in [6.45, 7) is 7.80. The van der Waals surface area contributed by atoms with Gasteiger partial charge in [0.1, 0.15) is 11.6 Å². The standard InChI is InChI=1S/C24H33N3O5/c1-5-10-25-21(29)18-17-8-9-24(32-17)19(18)23(31)27(15(4)12-28)20(24)22(30)26-16-11-13(2)6-7-14(16)3/h6-7,11,15,17-20,28H,5,8-10,12H2,1-4H3,(H,25,29)(H,26,30)/t15-,17-,18+,19+,20?,24?/m1/s1. The summed E-state index contributed by atoms with van der Waals surface area (Å²) in [5.41, 5.74) is 1.55. The number of hydrogen-bond acceptors (Lipinski definition) is 5. The number of ether oxygens (including phenoxy) is 1. The number of aliphatic hydroxyl groups excluding tert-OH is 1. The Morgan fingerprint density at radius 2 is 2.06 bits per heavy atom. The maximum absolute atomic E-state index is 13.7. The number of carbonyl (C=O) groups excluding carboxylic acids is 3. The molecule has 3 fully saturated rings.